The van der Waals surface area contributed by atoms with Gasteiger partial charge in [-0.2, -0.15) is 0 Å². The van der Waals surface area contributed by atoms with Crippen LogP contribution < -0.4 is 5.32 Å². The van der Waals surface area contributed by atoms with Crippen LogP contribution in [0.3, 0.4) is 0 Å². The molecule has 1 aliphatic carbocycles. The molecule has 1 N–H and O–H groups in total. The van der Waals surface area contributed by atoms with Crippen molar-refractivity contribution in [3.8, 4) is 39.1 Å². The number of aromatic nitrogens is 1. The van der Waals surface area contributed by atoms with Crippen LogP contribution in [-0.2, 0) is 5.41 Å². The highest BCUT2D eigenvalue weighted by Gasteiger charge is 2.39. The van der Waals surface area contributed by atoms with Crippen molar-refractivity contribution in [2.24, 2.45) is 9.98 Å². The second-order valence-corrected chi connectivity index (χ2v) is 18.0. The van der Waals surface area contributed by atoms with Gasteiger partial charge in [-0.25, -0.2) is 9.98 Å². The molecular weight excluding hydrogens is 724 g/mol. The number of benzene rings is 7. The van der Waals surface area contributed by atoms with Crippen molar-refractivity contribution in [3.05, 3.63) is 210 Å². The third-order valence-electron chi connectivity index (χ3n) is 12.0. The van der Waals surface area contributed by atoms with Gasteiger partial charge >= 0.3 is 0 Å². The van der Waals surface area contributed by atoms with Crippen molar-refractivity contribution in [3.63, 3.8) is 0 Å². The molecule has 0 saturated carbocycles. The van der Waals surface area contributed by atoms with E-state index in [9.17, 15) is 0 Å². The normalized spacial score (nSPS) is 17.8. The van der Waals surface area contributed by atoms with Gasteiger partial charge in [-0.05, 0) is 65.7 Å². The Morgan fingerprint density at radius 3 is 1.93 bits per heavy atom. The Labute approximate surface area is 340 Å². The lowest BCUT2D eigenvalue weighted by atomic mass is 9.81. The van der Waals surface area contributed by atoms with Gasteiger partial charge in [0.2, 0.25) is 0 Å². The Kier molecular flexibility index (Phi) is 8.24. The summed E-state index contributed by atoms with van der Waals surface area (Å²) in [7, 11) is -0.585. The van der Waals surface area contributed by atoms with Gasteiger partial charge in [-0.3, -0.25) is 0 Å². The van der Waals surface area contributed by atoms with Crippen molar-refractivity contribution in [2.45, 2.75) is 25.2 Å². The second-order valence-electron chi connectivity index (χ2n) is 15.8. The Balaban J connectivity index is 1.24. The average molecular weight is 765 g/mol. The first-order valence-electron chi connectivity index (χ1n) is 20.1. The minimum absolute atomic E-state index is 0.109. The maximum absolute atomic E-state index is 5.34. The van der Waals surface area contributed by atoms with Gasteiger partial charge < -0.3 is 9.88 Å². The molecule has 2 aliphatic heterocycles. The minimum Gasteiger partial charge on any atom is -0.344 e. The topological polar surface area (TPSA) is 41.7 Å². The second kappa shape index (κ2) is 13.8. The van der Waals surface area contributed by atoms with E-state index in [2.05, 4.69) is 206 Å². The SMILES string of the molecule is CC1(C)c2ccccc2-c2ccc3c4ccccc4n(-c4c(-c5ccccc5)cc(C5=NC(c6ccccc6)=NC(P6C=CC=CC6)N5)cc4-c4ccccc4)c3c21. The first-order valence-corrected chi connectivity index (χ1v) is 21.7. The summed E-state index contributed by atoms with van der Waals surface area (Å²) < 4.78 is 2.59. The molecule has 11 rings (SSSR count). The highest BCUT2D eigenvalue weighted by Crippen LogP contribution is 2.54. The van der Waals surface area contributed by atoms with Crippen molar-refractivity contribution in [1.82, 2.24) is 9.88 Å². The number of allylic oxidation sites excluding steroid dienone is 3. The lowest BCUT2D eigenvalue weighted by Gasteiger charge is -2.29. The van der Waals surface area contributed by atoms with E-state index in [0.29, 0.717) is 0 Å². The van der Waals surface area contributed by atoms with E-state index >= 15 is 0 Å². The molecule has 1 aromatic heterocycles. The Morgan fingerprint density at radius 1 is 0.603 bits per heavy atom. The highest BCUT2D eigenvalue weighted by atomic mass is 31.1. The van der Waals surface area contributed by atoms with E-state index < -0.39 is 7.92 Å². The van der Waals surface area contributed by atoms with Crippen LogP contribution in [0.5, 0.6) is 0 Å². The summed E-state index contributed by atoms with van der Waals surface area (Å²) in [6.45, 7) is 4.79. The number of para-hydroxylation sites is 1. The molecule has 0 amide bonds. The zero-order chi connectivity index (χ0) is 38.8. The number of hydrogen-bond acceptors (Lipinski definition) is 3. The minimum atomic E-state index is -0.585. The number of aliphatic imine (C=N–C) groups is 2. The Bertz CT molecular complexity index is 2970. The monoisotopic (exact) mass is 764 g/mol. The molecule has 5 heteroatoms. The molecule has 2 unspecified atom stereocenters. The predicted molar refractivity (Wildman–Crippen MR) is 246 cm³/mol. The van der Waals surface area contributed by atoms with Gasteiger partial charge in [0.15, 0.2) is 5.84 Å². The van der Waals surface area contributed by atoms with Gasteiger partial charge in [0.05, 0.1) is 16.7 Å². The first kappa shape index (κ1) is 34.6. The van der Waals surface area contributed by atoms with Crippen molar-refractivity contribution >= 4 is 41.4 Å². The molecule has 278 valence electrons. The molecule has 8 aromatic rings. The van der Waals surface area contributed by atoms with E-state index in [4.69, 9.17) is 9.98 Å². The highest BCUT2D eigenvalue weighted by molar-refractivity contribution is 7.61. The van der Waals surface area contributed by atoms with E-state index in [1.807, 2.05) is 6.07 Å². The molecular formula is C53H41N4P. The van der Waals surface area contributed by atoms with E-state index in [1.165, 1.54) is 44.1 Å². The van der Waals surface area contributed by atoms with E-state index in [-0.39, 0.29) is 11.3 Å². The summed E-state index contributed by atoms with van der Waals surface area (Å²) in [5.41, 5.74) is 15.4. The lowest BCUT2D eigenvalue weighted by Crippen LogP contribution is -2.38. The number of amidine groups is 2. The van der Waals surface area contributed by atoms with Gasteiger partial charge in [0.1, 0.15) is 11.7 Å². The van der Waals surface area contributed by atoms with E-state index in [1.54, 1.807) is 0 Å². The van der Waals surface area contributed by atoms with Crippen LogP contribution in [0, 0.1) is 0 Å². The van der Waals surface area contributed by atoms with Crippen LogP contribution in [-0.4, -0.2) is 28.3 Å². The molecule has 0 radical (unpaired) electrons. The lowest BCUT2D eigenvalue weighted by molar-refractivity contribution is 0.664. The van der Waals surface area contributed by atoms with Crippen molar-refractivity contribution in [2.75, 3.05) is 6.16 Å². The fourth-order valence-electron chi connectivity index (χ4n) is 9.36. The zero-order valence-electron chi connectivity index (χ0n) is 32.5. The third-order valence-corrected chi connectivity index (χ3v) is 14.1. The number of nitrogens with zero attached hydrogens (tertiary/aromatic N) is 3. The largest absolute Gasteiger partial charge is 0.344 e. The summed E-state index contributed by atoms with van der Waals surface area (Å²) >= 11 is 0. The quantitative estimate of drug-likeness (QED) is 0.168. The van der Waals surface area contributed by atoms with Crippen LogP contribution in [0.15, 0.2) is 198 Å². The van der Waals surface area contributed by atoms with Gasteiger partial charge in [-0.15, -0.1) is 0 Å². The first-order chi connectivity index (χ1) is 28.5. The fourth-order valence-corrected chi connectivity index (χ4v) is 11.1. The number of hydrogen-bond donors (Lipinski definition) is 1. The molecule has 3 aliphatic rings. The van der Waals surface area contributed by atoms with Gasteiger partial charge in [0.25, 0.3) is 0 Å². The Hall–Kier alpha value is -6.61. The molecule has 0 fully saturated rings. The molecule has 58 heavy (non-hydrogen) atoms. The van der Waals surface area contributed by atoms with Crippen LogP contribution in [0.25, 0.3) is 60.9 Å². The molecule has 3 heterocycles. The standard InChI is InChI=1S/C53H41N4P/c1-53(2)45-27-15-13-25-39(45)41-29-30-42-40-26-14-16-28-46(40)57(49(42)47(41)53)48-43(35-19-7-3-8-20-35)33-38(34-44(48)36-21-9-4-10-22-36)51-54-50(37-23-11-5-12-24-37)55-52(56-51)58-31-17-6-18-32-58/h3-31,33-34,52H,32H2,1-2H3,(H,54,55,56). The molecule has 4 nitrogen and oxygen atoms in total. The summed E-state index contributed by atoms with van der Waals surface area (Å²) in [4.78, 5) is 10.6. The van der Waals surface area contributed by atoms with Crippen molar-refractivity contribution < 1.29 is 0 Å². The van der Waals surface area contributed by atoms with Gasteiger partial charge in [0, 0.05) is 38.4 Å². The molecule has 0 saturated heterocycles. The van der Waals surface area contributed by atoms with Crippen LogP contribution in [0.4, 0.5) is 0 Å². The summed E-state index contributed by atoms with van der Waals surface area (Å²) in [6, 6.07) is 59.5. The molecule has 0 bridgehead atoms. The fraction of sp³-hybridized carbons (Fsp3) is 0.0943. The van der Waals surface area contributed by atoms with Gasteiger partial charge in [-0.1, -0.05) is 183 Å². The maximum Gasteiger partial charge on any atom is 0.159 e. The molecule has 2 atom stereocenters. The van der Waals surface area contributed by atoms with E-state index in [0.717, 1.165) is 56.9 Å². The number of nitrogens with one attached hydrogen (secondary N) is 1. The third kappa shape index (κ3) is 5.55. The molecule has 7 aromatic carbocycles. The predicted octanol–water partition coefficient (Wildman–Crippen LogP) is 13.1. The Morgan fingerprint density at radius 2 is 1.24 bits per heavy atom. The van der Waals surface area contributed by atoms with Crippen LogP contribution in [0.2, 0.25) is 0 Å². The maximum atomic E-state index is 5.34. The van der Waals surface area contributed by atoms with Crippen LogP contribution in [0.1, 0.15) is 36.1 Å². The smallest absolute Gasteiger partial charge is 0.159 e. The summed E-state index contributed by atoms with van der Waals surface area (Å²) in [6.07, 6.45) is 7.54. The zero-order valence-corrected chi connectivity index (χ0v) is 33.4. The number of fused-ring (bicyclic) bond motifs is 7. The number of rotatable bonds is 6. The molecule has 0 spiro atoms. The van der Waals surface area contributed by atoms with Crippen molar-refractivity contribution in [1.29, 1.82) is 0 Å². The van der Waals surface area contributed by atoms with Crippen LogP contribution >= 0.6 is 7.92 Å². The summed E-state index contributed by atoms with van der Waals surface area (Å²) in [5.74, 6) is 3.82. The summed E-state index contributed by atoms with van der Waals surface area (Å²) in [5, 5.41) is 6.37. The average Bonchev–Trinajstić information content (AvgIpc) is 3.75.